The Kier molecular flexibility index (Phi) is 7.84. The molecule has 9 aromatic carbocycles. The van der Waals surface area contributed by atoms with Gasteiger partial charge in [0, 0.05) is 66.1 Å². The second kappa shape index (κ2) is 14.0. The second-order valence-electron chi connectivity index (χ2n) is 16.2. The average Bonchev–Trinajstić information content (AvgIpc) is 4.00. The Morgan fingerprint density at radius 1 is 0.286 bits per heavy atom. The van der Waals surface area contributed by atoms with Crippen molar-refractivity contribution in [2.24, 2.45) is 0 Å². The molecule has 0 aliphatic rings. The Labute approximate surface area is 363 Å². The van der Waals surface area contributed by atoms with Crippen LogP contribution >= 0.6 is 0 Å². The molecule has 0 unspecified atom stereocenters. The molecule has 0 saturated carbocycles. The second-order valence-corrected chi connectivity index (χ2v) is 16.2. The summed E-state index contributed by atoms with van der Waals surface area (Å²) in [5.74, 6) is 0.681. The van der Waals surface area contributed by atoms with Gasteiger partial charge in [-0.3, -0.25) is 0 Å². The van der Waals surface area contributed by atoms with Crippen molar-refractivity contribution in [2.75, 3.05) is 0 Å². The monoisotopic (exact) mass is 803 g/mol. The highest BCUT2D eigenvalue weighted by Gasteiger charge is 2.25. The van der Waals surface area contributed by atoms with E-state index in [0.717, 1.165) is 72.6 Å². The summed E-state index contributed by atoms with van der Waals surface area (Å²) >= 11 is 0. The smallest absolute Gasteiger partial charge is 0.160 e. The van der Waals surface area contributed by atoms with E-state index in [9.17, 15) is 0 Å². The summed E-state index contributed by atoms with van der Waals surface area (Å²) < 4.78 is 7.32. The van der Waals surface area contributed by atoms with Crippen molar-refractivity contribution >= 4 is 65.4 Å². The third-order valence-corrected chi connectivity index (χ3v) is 12.6. The average molecular weight is 804 g/mol. The minimum atomic E-state index is 0.681. The molecule has 0 radical (unpaired) electrons. The first kappa shape index (κ1) is 35.2. The Morgan fingerprint density at radius 2 is 0.778 bits per heavy atom. The summed E-state index contributed by atoms with van der Waals surface area (Å²) in [5.41, 5.74) is 14.9. The summed E-state index contributed by atoms with van der Waals surface area (Å²) in [4.78, 5) is 10.7. The van der Waals surface area contributed by atoms with Crippen molar-refractivity contribution in [2.45, 2.75) is 0 Å². The lowest BCUT2D eigenvalue weighted by atomic mass is 10.0. The fraction of sp³-hybridized carbons (Fsp3) is 0. The first-order valence-corrected chi connectivity index (χ1v) is 21.4. The quantitative estimate of drug-likeness (QED) is 0.168. The van der Waals surface area contributed by atoms with Crippen LogP contribution in [0.25, 0.3) is 116 Å². The van der Waals surface area contributed by atoms with Gasteiger partial charge in [0.25, 0.3) is 0 Å². The van der Waals surface area contributed by atoms with E-state index in [1.807, 2.05) is 6.07 Å². The number of hydrogen-bond donors (Lipinski definition) is 0. The molecule has 0 aliphatic heterocycles. The molecular formula is C58H37N5. The topological polar surface area (TPSA) is 40.6 Å². The number of fused-ring (bicyclic) bond motifs is 10. The van der Waals surface area contributed by atoms with E-state index in [1.54, 1.807) is 0 Å². The van der Waals surface area contributed by atoms with Gasteiger partial charge in [-0.1, -0.05) is 158 Å². The first-order chi connectivity index (χ1) is 31.3. The number of hydrogen-bond acceptors (Lipinski definition) is 2. The Morgan fingerprint density at radius 3 is 1.43 bits per heavy atom. The normalized spacial score (nSPS) is 11.8. The molecule has 5 heteroatoms. The number of nitrogens with zero attached hydrogens (tertiary/aromatic N) is 5. The van der Waals surface area contributed by atoms with Gasteiger partial charge in [0.1, 0.15) is 0 Å². The highest BCUT2D eigenvalue weighted by molar-refractivity contribution is 6.26. The molecule has 0 fully saturated rings. The number of para-hydroxylation sites is 5. The molecular weight excluding hydrogens is 767 g/mol. The van der Waals surface area contributed by atoms with Crippen LogP contribution in [0.4, 0.5) is 0 Å². The lowest BCUT2D eigenvalue weighted by Crippen LogP contribution is -2.01. The van der Waals surface area contributed by atoms with Crippen LogP contribution in [0.5, 0.6) is 0 Å². The molecule has 0 N–H and O–H groups in total. The highest BCUT2D eigenvalue weighted by Crippen LogP contribution is 2.45. The molecule has 0 spiro atoms. The molecule has 4 aromatic heterocycles. The summed E-state index contributed by atoms with van der Waals surface area (Å²) in [5, 5.41) is 7.17. The van der Waals surface area contributed by atoms with Gasteiger partial charge in [0.05, 0.1) is 44.5 Å². The van der Waals surface area contributed by atoms with Crippen molar-refractivity contribution in [1.82, 2.24) is 23.7 Å². The van der Waals surface area contributed by atoms with Crippen molar-refractivity contribution in [3.05, 3.63) is 224 Å². The number of benzene rings is 9. The Balaban J connectivity index is 1.21. The van der Waals surface area contributed by atoms with Crippen LogP contribution in [0.2, 0.25) is 0 Å². The standard InChI is InChI=1S/C58H37N5/c1-5-19-38(20-6-1)49-37-50(60-58(59-49)39-21-7-2-8-22-39)48-36-42(35-47-44-28-14-17-31-52(44)62(56(47)48)41-25-11-4-12-26-41)63-51-30-16-13-27-43(51)45-33-34-54-55(57(45)63)46-29-15-18-32-53(46)61(54)40-23-9-3-10-24-40/h1-37H. The maximum atomic E-state index is 5.49. The van der Waals surface area contributed by atoms with E-state index in [1.165, 1.54) is 38.0 Å². The predicted octanol–water partition coefficient (Wildman–Crippen LogP) is 14.8. The van der Waals surface area contributed by atoms with Gasteiger partial charge < -0.3 is 13.7 Å². The molecule has 0 bridgehead atoms. The fourth-order valence-corrected chi connectivity index (χ4v) is 9.94. The maximum absolute atomic E-state index is 5.49. The third kappa shape index (κ3) is 5.43. The SMILES string of the molecule is c1ccc(-c2cc(-c3cc(-n4c5ccccc5c5ccc6c(c7ccccc7n6-c6ccccc6)c54)cc4c5ccccc5n(-c5ccccc5)c34)nc(-c3ccccc3)n2)cc1. The van der Waals surface area contributed by atoms with E-state index < -0.39 is 0 Å². The van der Waals surface area contributed by atoms with Gasteiger partial charge in [-0.2, -0.15) is 0 Å². The first-order valence-electron chi connectivity index (χ1n) is 21.4. The van der Waals surface area contributed by atoms with E-state index in [0.29, 0.717) is 5.82 Å². The minimum absolute atomic E-state index is 0.681. The van der Waals surface area contributed by atoms with Crippen LogP contribution in [0.1, 0.15) is 0 Å². The predicted molar refractivity (Wildman–Crippen MR) is 261 cm³/mol. The molecule has 13 rings (SSSR count). The molecule has 4 heterocycles. The zero-order valence-electron chi connectivity index (χ0n) is 34.1. The Hall–Kier alpha value is -8.54. The number of rotatable bonds is 6. The minimum Gasteiger partial charge on any atom is -0.309 e. The van der Waals surface area contributed by atoms with Crippen LogP contribution in [0, 0.1) is 0 Å². The molecule has 0 saturated heterocycles. The van der Waals surface area contributed by atoms with E-state index in [-0.39, 0.29) is 0 Å². The summed E-state index contributed by atoms with van der Waals surface area (Å²) in [7, 11) is 0. The van der Waals surface area contributed by atoms with Crippen LogP contribution in [-0.4, -0.2) is 23.7 Å². The molecule has 294 valence electrons. The van der Waals surface area contributed by atoms with Gasteiger partial charge in [0.2, 0.25) is 0 Å². The molecule has 0 atom stereocenters. The lowest BCUT2D eigenvalue weighted by molar-refractivity contribution is 1.15. The van der Waals surface area contributed by atoms with E-state index >= 15 is 0 Å². The lowest BCUT2D eigenvalue weighted by Gasteiger charge is -2.16. The van der Waals surface area contributed by atoms with E-state index in [2.05, 4.69) is 232 Å². The molecule has 13 aromatic rings. The van der Waals surface area contributed by atoms with Crippen molar-refractivity contribution in [1.29, 1.82) is 0 Å². The zero-order chi connectivity index (χ0) is 41.4. The van der Waals surface area contributed by atoms with Crippen molar-refractivity contribution in [3.63, 3.8) is 0 Å². The van der Waals surface area contributed by atoms with Crippen LogP contribution < -0.4 is 0 Å². The summed E-state index contributed by atoms with van der Waals surface area (Å²) in [6.07, 6.45) is 0. The Bertz CT molecular complexity index is 3820. The summed E-state index contributed by atoms with van der Waals surface area (Å²) in [6.45, 7) is 0. The van der Waals surface area contributed by atoms with Gasteiger partial charge in [-0.15, -0.1) is 0 Å². The van der Waals surface area contributed by atoms with Crippen LogP contribution in [-0.2, 0) is 0 Å². The van der Waals surface area contributed by atoms with Gasteiger partial charge in [-0.05, 0) is 66.7 Å². The summed E-state index contributed by atoms with van der Waals surface area (Å²) in [6, 6.07) is 80.2. The van der Waals surface area contributed by atoms with Crippen molar-refractivity contribution in [3.8, 4) is 51.0 Å². The number of aromatic nitrogens is 5. The van der Waals surface area contributed by atoms with Crippen LogP contribution in [0.3, 0.4) is 0 Å². The van der Waals surface area contributed by atoms with Crippen LogP contribution in [0.15, 0.2) is 224 Å². The van der Waals surface area contributed by atoms with Gasteiger partial charge in [-0.25, -0.2) is 9.97 Å². The highest BCUT2D eigenvalue weighted by atomic mass is 15.0. The molecule has 0 aliphatic carbocycles. The molecule has 5 nitrogen and oxygen atoms in total. The van der Waals surface area contributed by atoms with Gasteiger partial charge in [0.15, 0.2) is 5.82 Å². The van der Waals surface area contributed by atoms with E-state index in [4.69, 9.17) is 9.97 Å². The largest absolute Gasteiger partial charge is 0.309 e. The fourth-order valence-electron chi connectivity index (χ4n) is 9.94. The maximum Gasteiger partial charge on any atom is 0.160 e. The zero-order valence-corrected chi connectivity index (χ0v) is 34.1. The van der Waals surface area contributed by atoms with Crippen molar-refractivity contribution < 1.29 is 0 Å². The molecule has 0 amide bonds. The van der Waals surface area contributed by atoms with Gasteiger partial charge >= 0.3 is 0 Å². The third-order valence-electron chi connectivity index (χ3n) is 12.6. The molecule has 63 heavy (non-hydrogen) atoms.